The number of aromatic nitrogens is 6. The normalized spacial score (nSPS) is 15.9. The van der Waals surface area contributed by atoms with Gasteiger partial charge in [0, 0.05) is 37.6 Å². The molecule has 1 aliphatic heterocycles. The topological polar surface area (TPSA) is 127 Å². The number of fused-ring (bicyclic) bond motifs is 2. The number of imidazole rings is 2. The molecular weight excluding hydrogens is 617 g/mol. The Kier molecular flexibility index (Phi) is 7.75. The van der Waals surface area contributed by atoms with Gasteiger partial charge in [-0.2, -0.15) is 13.2 Å². The van der Waals surface area contributed by atoms with Gasteiger partial charge in [-0.3, -0.25) is 9.69 Å². The fourth-order valence-electron chi connectivity index (χ4n) is 5.98. The highest BCUT2D eigenvalue weighted by Crippen LogP contribution is 2.35. The second-order valence-electron chi connectivity index (χ2n) is 11.1. The molecule has 5 heterocycles. The lowest BCUT2D eigenvalue weighted by Crippen LogP contribution is -2.51. The molecule has 7 rings (SSSR count). The molecule has 0 unspecified atom stereocenters. The van der Waals surface area contributed by atoms with E-state index in [1.54, 1.807) is 17.4 Å². The first kappa shape index (κ1) is 30.2. The summed E-state index contributed by atoms with van der Waals surface area (Å²) in [7, 11) is 2.95. The molecule has 0 aliphatic carbocycles. The van der Waals surface area contributed by atoms with Gasteiger partial charge in [0.2, 0.25) is 17.6 Å². The molecule has 6 aromatic rings. The van der Waals surface area contributed by atoms with Gasteiger partial charge in [-0.25, -0.2) is 19.9 Å². The monoisotopic (exact) mass is 646 g/mol. The number of pyridine rings is 1. The van der Waals surface area contributed by atoms with E-state index in [0.29, 0.717) is 54.0 Å². The summed E-state index contributed by atoms with van der Waals surface area (Å²) in [4.78, 5) is 38.3. The highest BCUT2D eigenvalue weighted by molar-refractivity contribution is 5.85. The van der Waals surface area contributed by atoms with Gasteiger partial charge >= 0.3 is 6.18 Å². The molecule has 1 aliphatic rings. The van der Waals surface area contributed by atoms with E-state index in [1.807, 2.05) is 30.3 Å². The Bertz CT molecular complexity index is 2060. The van der Waals surface area contributed by atoms with Crippen molar-refractivity contribution in [2.75, 3.05) is 33.9 Å². The van der Waals surface area contributed by atoms with Crippen LogP contribution in [0.3, 0.4) is 0 Å². The number of piperazine rings is 1. The summed E-state index contributed by atoms with van der Waals surface area (Å²) < 4.78 is 59.4. The van der Waals surface area contributed by atoms with Gasteiger partial charge < -0.3 is 28.3 Å². The molecule has 1 amide bonds. The predicted molar refractivity (Wildman–Crippen MR) is 163 cm³/mol. The third kappa shape index (κ3) is 5.85. The average Bonchev–Trinajstić information content (AvgIpc) is 3.85. The van der Waals surface area contributed by atoms with Crippen LogP contribution in [-0.4, -0.2) is 79.0 Å². The maximum absolute atomic E-state index is 14.2. The van der Waals surface area contributed by atoms with Crippen LogP contribution in [0.4, 0.5) is 13.2 Å². The Morgan fingerprint density at radius 1 is 1.04 bits per heavy atom. The molecule has 242 valence electrons. The summed E-state index contributed by atoms with van der Waals surface area (Å²) in [5.74, 6) is -0.481. The molecular formula is C32H29F3N8O4. The standard InChI is InChI=1S/C32H29F3N8O4/c1-45-21-7-8-24-26(12-21)43(31(40-24)32(33,34)35)16-28(44)42-10-9-41(14-20-17-47-18-37-20)15-27(42)29-36-13-25(38-29)22-11-19-5-3-4-6-23(19)39-30(22)46-2/h3-8,11-13,17-18,27H,9-10,14-16H2,1-2H3,(H,36,38)/t27-/m0/s1. The number of H-pyrrole nitrogens is 1. The van der Waals surface area contributed by atoms with Crippen LogP contribution >= 0.6 is 0 Å². The van der Waals surface area contributed by atoms with E-state index in [-0.39, 0.29) is 17.6 Å². The number of carbonyl (C=O) groups excluding carboxylic acids is 1. The minimum Gasteiger partial charge on any atom is -0.497 e. The third-order valence-electron chi connectivity index (χ3n) is 8.24. The molecule has 0 bridgehead atoms. The van der Waals surface area contributed by atoms with Crippen LogP contribution in [0.15, 0.2) is 71.8 Å². The van der Waals surface area contributed by atoms with E-state index in [9.17, 15) is 18.0 Å². The van der Waals surface area contributed by atoms with Gasteiger partial charge in [0.1, 0.15) is 30.4 Å². The van der Waals surface area contributed by atoms with E-state index >= 15 is 0 Å². The van der Waals surface area contributed by atoms with Gasteiger partial charge in [0.15, 0.2) is 6.39 Å². The van der Waals surface area contributed by atoms with Crippen molar-refractivity contribution in [1.29, 1.82) is 0 Å². The molecule has 15 heteroatoms. The van der Waals surface area contributed by atoms with Crippen molar-refractivity contribution in [2.45, 2.75) is 25.3 Å². The molecule has 1 atom stereocenters. The van der Waals surface area contributed by atoms with Gasteiger partial charge in [0.25, 0.3) is 0 Å². The lowest BCUT2D eigenvalue weighted by Gasteiger charge is -2.40. The fraction of sp³-hybridized carbons (Fsp3) is 0.281. The number of oxazole rings is 1. The molecule has 2 aromatic carbocycles. The van der Waals surface area contributed by atoms with Crippen LogP contribution in [0.5, 0.6) is 11.6 Å². The number of hydrogen-bond donors (Lipinski definition) is 1. The lowest BCUT2D eigenvalue weighted by atomic mass is 10.1. The summed E-state index contributed by atoms with van der Waals surface area (Å²) in [5, 5.41) is 0.900. The lowest BCUT2D eigenvalue weighted by molar-refractivity contribution is -0.148. The van der Waals surface area contributed by atoms with Crippen LogP contribution in [0.2, 0.25) is 0 Å². The molecule has 1 fully saturated rings. The number of para-hydroxylation sites is 1. The van der Waals surface area contributed by atoms with Crippen molar-refractivity contribution in [3.05, 3.63) is 84.7 Å². The van der Waals surface area contributed by atoms with Crippen LogP contribution < -0.4 is 9.47 Å². The van der Waals surface area contributed by atoms with Crippen molar-refractivity contribution >= 4 is 27.8 Å². The first-order chi connectivity index (χ1) is 22.7. The van der Waals surface area contributed by atoms with Crippen molar-refractivity contribution in [1.82, 2.24) is 39.3 Å². The Labute approximate surface area is 265 Å². The number of alkyl halides is 3. The summed E-state index contributed by atoms with van der Waals surface area (Å²) in [6.45, 7) is 0.887. The molecule has 47 heavy (non-hydrogen) atoms. The first-order valence-corrected chi connectivity index (χ1v) is 14.7. The number of hydrogen-bond acceptors (Lipinski definition) is 9. The zero-order valence-corrected chi connectivity index (χ0v) is 25.4. The maximum Gasteiger partial charge on any atom is 0.449 e. The Morgan fingerprint density at radius 2 is 1.89 bits per heavy atom. The summed E-state index contributed by atoms with van der Waals surface area (Å²) in [5.41, 5.74) is 3.01. The molecule has 0 saturated carbocycles. The number of halogens is 3. The Balaban J connectivity index is 1.24. The highest BCUT2D eigenvalue weighted by atomic mass is 19.4. The van der Waals surface area contributed by atoms with E-state index in [2.05, 4.69) is 29.8 Å². The van der Waals surface area contributed by atoms with Crippen molar-refractivity contribution < 1.29 is 31.9 Å². The maximum atomic E-state index is 14.2. The number of ether oxygens (including phenoxy) is 2. The van der Waals surface area contributed by atoms with Crippen molar-refractivity contribution in [3.63, 3.8) is 0 Å². The summed E-state index contributed by atoms with van der Waals surface area (Å²) >= 11 is 0. The fourth-order valence-corrected chi connectivity index (χ4v) is 5.98. The number of amides is 1. The third-order valence-corrected chi connectivity index (χ3v) is 8.24. The minimum atomic E-state index is -4.79. The highest BCUT2D eigenvalue weighted by Gasteiger charge is 2.40. The van der Waals surface area contributed by atoms with E-state index in [4.69, 9.17) is 13.9 Å². The van der Waals surface area contributed by atoms with Crippen LogP contribution in [-0.2, 0) is 24.1 Å². The summed E-state index contributed by atoms with van der Waals surface area (Å²) in [6, 6.07) is 13.4. The molecule has 0 radical (unpaired) electrons. The van der Waals surface area contributed by atoms with Gasteiger partial charge in [0.05, 0.1) is 53.9 Å². The van der Waals surface area contributed by atoms with Crippen LogP contribution in [0, 0.1) is 0 Å². The van der Waals surface area contributed by atoms with E-state index in [1.165, 1.54) is 38.8 Å². The van der Waals surface area contributed by atoms with Crippen LogP contribution in [0.25, 0.3) is 33.2 Å². The average molecular weight is 647 g/mol. The van der Waals surface area contributed by atoms with E-state index < -0.39 is 30.5 Å². The number of aromatic amines is 1. The SMILES string of the molecule is COc1ccc2nc(C(F)(F)F)n(CC(=O)N3CCN(Cc4cocn4)C[C@H]3c3ncc(-c4cc5ccccc5nc4OC)[nH]3)c2c1. The van der Waals surface area contributed by atoms with Gasteiger partial charge in [-0.1, -0.05) is 18.2 Å². The molecule has 1 N–H and O–H groups in total. The first-order valence-electron chi connectivity index (χ1n) is 14.7. The molecule has 1 saturated heterocycles. The predicted octanol–water partition coefficient (Wildman–Crippen LogP) is 5.08. The Morgan fingerprint density at radius 3 is 2.66 bits per heavy atom. The van der Waals surface area contributed by atoms with Gasteiger partial charge in [-0.05, 0) is 24.3 Å². The summed E-state index contributed by atoms with van der Waals surface area (Å²) in [6.07, 6.45) is -0.252. The number of rotatable bonds is 8. The number of nitrogens with one attached hydrogen (secondary N) is 1. The quantitative estimate of drug-likeness (QED) is 0.241. The smallest absolute Gasteiger partial charge is 0.449 e. The number of nitrogens with zero attached hydrogens (tertiary/aromatic N) is 7. The van der Waals surface area contributed by atoms with Crippen LogP contribution in [0.1, 0.15) is 23.4 Å². The van der Waals surface area contributed by atoms with Gasteiger partial charge in [-0.15, -0.1) is 0 Å². The molecule has 0 spiro atoms. The number of benzene rings is 2. The van der Waals surface area contributed by atoms with Crippen molar-refractivity contribution in [2.24, 2.45) is 0 Å². The largest absolute Gasteiger partial charge is 0.497 e. The Hall–Kier alpha value is -5.44. The second kappa shape index (κ2) is 12.1. The van der Waals surface area contributed by atoms with E-state index in [0.717, 1.165) is 15.5 Å². The second-order valence-corrected chi connectivity index (χ2v) is 11.1. The number of methoxy groups -OCH3 is 2. The van der Waals surface area contributed by atoms with Crippen molar-refractivity contribution in [3.8, 4) is 22.9 Å². The molecule has 12 nitrogen and oxygen atoms in total. The zero-order chi connectivity index (χ0) is 32.7. The zero-order valence-electron chi connectivity index (χ0n) is 25.4. The molecule has 4 aromatic heterocycles. The minimum absolute atomic E-state index is 0.105. The number of carbonyl (C=O) groups is 1.